The van der Waals surface area contributed by atoms with E-state index in [1.807, 2.05) is 0 Å². The zero-order valence-corrected chi connectivity index (χ0v) is 18.0. The Hall–Kier alpha value is -3.94. The Morgan fingerprint density at radius 2 is 1.67 bits per heavy atom. The largest absolute Gasteiger partial charge is 0.454 e. The van der Waals surface area contributed by atoms with Gasteiger partial charge in [0.2, 0.25) is 0 Å². The summed E-state index contributed by atoms with van der Waals surface area (Å²) in [4.78, 5) is 54.2. The molecule has 1 N–H and O–H groups in total. The number of esters is 1. The molecule has 33 heavy (non-hydrogen) atoms. The fourth-order valence-electron chi connectivity index (χ4n) is 5.01. The van der Waals surface area contributed by atoms with Gasteiger partial charge in [-0.2, -0.15) is 0 Å². The zero-order valence-electron chi connectivity index (χ0n) is 18.0. The van der Waals surface area contributed by atoms with Gasteiger partial charge in [-0.1, -0.05) is 49.8 Å². The quantitative estimate of drug-likeness (QED) is 0.730. The van der Waals surface area contributed by atoms with Crippen LogP contribution in [0, 0.1) is 0 Å². The van der Waals surface area contributed by atoms with Crippen molar-refractivity contribution in [3.63, 3.8) is 0 Å². The molecule has 2 aromatic rings. The number of para-hydroxylation sites is 2. The van der Waals surface area contributed by atoms with Crippen molar-refractivity contribution in [3.8, 4) is 0 Å². The maximum Gasteiger partial charge on any atom is 0.326 e. The number of ether oxygens (including phenoxy) is 1. The summed E-state index contributed by atoms with van der Waals surface area (Å²) in [6, 6.07) is 14.1. The van der Waals surface area contributed by atoms with Crippen molar-refractivity contribution in [2.24, 2.45) is 0 Å². The third-order valence-electron chi connectivity index (χ3n) is 6.61. The molecular weight excluding hydrogens is 422 g/mol. The predicted molar refractivity (Wildman–Crippen MR) is 121 cm³/mol. The van der Waals surface area contributed by atoms with Crippen LogP contribution in [0.4, 0.5) is 11.4 Å². The van der Waals surface area contributed by atoms with Gasteiger partial charge >= 0.3 is 5.97 Å². The topological polar surface area (TPSA) is 96.0 Å². The first-order valence-electron chi connectivity index (χ1n) is 10.9. The third-order valence-corrected chi connectivity index (χ3v) is 6.61. The van der Waals surface area contributed by atoms with Gasteiger partial charge < -0.3 is 10.1 Å². The number of fused-ring (bicyclic) bond motifs is 2. The molecule has 0 unspecified atom stereocenters. The SMILES string of the molecule is C=C1c2ccccc2C(=O)N1CC(=O)OCC(=O)N1c2ccccc2NC(=O)C12CCCC2. The maximum atomic E-state index is 13.3. The normalized spacial score (nSPS) is 18.2. The lowest BCUT2D eigenvalue weighted by Gasteiger charge is -2.44. The first-order chi connectivity index (χ1) is 15.9. The molecule has 3 amide bonds. The fraction of sp³-hybridized carbons (Fsp3) is 0.280. The minimum atomic E-state index is -0.974. The molecule has 3 aliphatic rings. The minimum absolute atomic E-state index is 0.213. The Kier molecular flexibility index (Phi) is 5.00. The van der Waals surface area contributed by atoms with Gasteiger partial charge in [-0.05, 0) is 31.0 Å². The van der Waals surface area contributed by atoms with Gasteiger partial charge in [-0.25, -0.2) is 0 Å². The molecule has 2 aliphatic heterocycles. The molecular formula is C25H23N3O5. The zero-order chi connectivity index (χ0) is 23.2. The van der Waals surface area contributed by atoms with E-state index in [-0.39, 0.29) is 18.4 Å². The second-order valence-electron chi connectivity index (χ2n) is 8.48. The van der Waals surface area contributed by atoms with Crippen molar-refractivity contribution < 1.29 is 23.9 Å². The molecule has 1 spiro atoms. The number of rotatable bonds is 4. The number of hydrogen-bond donors (Lipinski definition) is 1. The second kappa shape index (κ2) is 7.88. The molecule has 0 saturated heterocycles. The van der Waals surface area contributed by atoms with Crippen LogP contribution in [0.5, 0.6) is 0 Å². The summed E-state index contributed by atoms with van der Waals surface area (Å²) in [5.41, 5.74) is 1.75. The van der Waals surface area contributed by atoms with Crippen molar-refractivity contribution in [2.75, 3.05) is 23.4 Å². The lowest BCUT2D eigenvalue weighted by molar-refractivity contribution is -0.148. The number of carbonyl (C=O) groups excluding carboxylic acids is 4. The highest BCUT2D eigenvalue weighted by Gasteiger charge is 2.52. The molecule has 0 atom stereocenters. The second-order valence-corrected chi connectivity index (χ2v) is 8.48. The number of anilines is 2. The van der Waals surface area contributed by atoms with Crippen molar-refractivity contribution >= 4 is 40.8 Å². The van der Waals surface area contributed by atoms with E-state index >= 15 is 0 Å². The smallest absolute Gasteiger partial charge is 0.326 e. The van der Waals surface area contributed by atoms with Gasteiger partial charge in [-0.3, -0.25) is 29.0 Å². The van der Waals surface area contributed by atoms with E-state index in [1.54, 1.807) is 48.5 Å². The van der Waals surface area contributed by atoms with E-state index in [2.05, 4.69) is 11.9 Å². The molecule has 5 rings (SSSR count). The standard InChI is InChI=1S/C25H23N3O5/c1-16-17-8-2-3-9-18(17)23(31)27(16)14-22(30)33-15-21(29)28-20-11-5-4-10-19(20)26-24(32)25(28)12-6-7-13-25/h2-5,8-11H,1,6-7,12-15H2,(H,26,32). The van der Waals surface area contributed by atoms with Crippen LogP contribution >= 0.6 is 0 Å². The van der Waals surface area contributed by atoms with E-state index in [0.717, 1.165) is 12.8 Å². The van der Waals surface area contributed by atoms with Crippen molar-refractivity contribution in [2.45, 2.75) is 31.2 Å². The summed E-state index contributed by atoms with van der Waals surface area (Å²) in [5, 5.41) is 2.91. The summed E-state index contributed by atoms with van der Waals surface area (Å²) in [6.07, 6.45) is 2.76. The summed E-state index contributed by atoms with van der Waals surface area (Å²) >= 11 is 0. The van der Waals surface area contributed by atoms with Crippen molar-refractivity contribution in [1.29, 1.82) is 0 Å². The summed E-state index contributed by atoms with van der Waals surface area (Å²) in [7, 11) is 0. The van der Waals surface area contributed by atoms with Crippen molar-refractivity contribution in [3.05, 3.63) is 66.2 Å². The van der Waals surface area contributed by atoms with Crippen LogP contribution in [0.2, 0.25) is 0 Å². The van der Waals surface area contributed by atoms with Crippen LogP contribution < -0.4 is 10.2 Å². The maximum absolute atomic E-state index is 13.3. The summed E-state index contributed by atoms with van der Waals surface area (Å²) in [5.74, 6) is -1.73. The molecule has 1 fully saturated rings. The van der Waals surface area contributed by atoms with Gasteiger partial charge in [0.25, 0.3) is 17.7 Å². The fourth-order valence-corrected chi connectivity index (χ4v) is 5.01. The molecule has 1 saturated carbocycles. The number of benzene rings is 2. The number of carbonyl (C=O) groups is 4. The Labute approximate surface area is 190 Å². The van der Waals surface area contributed by atoms with Crippen LogP contribution in [-0.4, -0.2) is 47.3 Å². The molecule has 0 bridgehead atoms. The highest BCUT2D eigenvalue weighted by atomic mass is 16.5. The lowest BCUT2D eigenvalue weighted by Crippen LogP contribution is -2.61. The molecule has 2 aromatic carbocycles. The Balaban J connectivity index is 1.31. The highest BCUT2D eigenvalue weighted by molar-refractivity contribution is 6.15. The Bertz CT molecular complexity index is 1160. The highest BCUT2D eigenvalue weighted by Crippen LogP contribution is 2.45. The van der Waals surface area contributed by atoms with Gasteiger partial charge in [-0.15, -0.1) is 0 Å². The third kappa shape index (κ3) is 3.29. The number of nitrogens with one attached hydrogen (secondary N) is 1. The molecule has 8 nitrogen and oxygen atoms in total. The van der Waals surface area contributed by atoms with Crippen LogP contribution in [-0.2, 0) is 19.1 Å². The van der Waals surface area contributed by atoms with Crippen LogP contribution in [0.15, 0.2) is 55.1 Å². The van der Waals surface area contributed by atoms with Gasteiger partial charge in [0.15, 0.2) is 6.61 Å². The monoisotopic (exact) mass is 445 g/mol. The summed E-state index contributed by atoms with van der Waals surface area (Å²) in [6.45, 7) is 3.04. The average molecular weight is 445 g/mol. The molecule has 8 heteroatoms. The van der Waals surface area contributed by atoms with E-state index in [9.17, 15) is 19.2 Å². The van der Waals surface area contributed by atoms with Crippen LogP contribution in [0.25, 0.3) is 5.70 Å². The minimum Gasteiger partial charge on any atom is -0.454 e. The number of amides is 3. The Morgan fingerprint density at radius 3 is 2.39 bits per heavy atom. The van der Waals surface area contributed by atoms with E-state index in [4.69, 9.17) is 4.74 Å². The first-order valence-corrected chi connectivity index (χ1v) is 10.9. The molecule has 1 aliphatic carbocycles. The lowest BCUT2D eigenvalue weighted by atomic mass is 9.90. The number of hydrogen-bond acceptors (Lipinski definition) is 5. The van der Waals surface area contributed by atoms with Gasteiger partial charge in [0, 0.05) is 16.8 Å². The molecule has 2 heterocycles. The predicted octanol–water partition coefficient (Wildman–Crippen LogP) is 2.95. The first kappa shape index (κ1) is 20.9. The van der Waals surface area contributed by atoms with Gasteiger partial charge in [0.1, 0.15) is 12.1 Å². The van der Waals surface area contributed by atoms with Crippen molar-refractivity contribution in [1.82, 2.24) is 4.90 Å². The summed E-state index contributed by atoms with van der Waals surface area (Å²) < 4.78 is 5.27. The van der Waals surface area contributed by atoms with Gasteiger partial charge in [0.05, 0.1) is 11.4 Å². The number of nitrogens with zero attached hydrogens (tertiary/aromatic N) is 2. The van der Waals surface area contributed by atoms with E-state index in [0.29, 0.717) is 41.0 Å². The van der Waals surface area contributed by atoms with Crippen LogP contribution in [0.1, 0.15) is 41.6 Å². The van der Waals surface area contributed by atoms with Crippen LogP contribution in [0.3, 0.4) is 0 Å². The molecule has 0 aromatic heterocycles. The average Bonchev–Trinajstić information content (AvgIpc) is 3.39. The van der Waals surface area contributed by atoms with E-state index in [1.165, 1.54) is 9.80 Å². The molecule has 0 radical (unpaired) electrons. The Morgan fingerprint density at radius 1 is 1.00 bits per heavy atom. The molecule has 168 valence electrons. The van der Waals surface area contributed by atoms with E-state index < -0.39 is 24.0 Å².